The molecule has 0 aliphatic heterocycles. The van der Waals surface area contributed by atoms with E-state index in [1.807, 2.05) is 6.07 Å². The van der Waals surface area contributed by atoms with Gasteiger partial charge >= 0.3 is 5.97 Å². The number of halogens is 2. The van der Waals surface area contributed by atoms with Crippen molar-refractivity contribution >= 4 is 29.2 Å². The van der Waals surface area contributed by atoms with Crippen molar-refractivity contribution in [1.29, 1.82) is 0 Å². The lowest BCUT2D eigenvalue weighted by Crippen LogP contribution is -2.13. The summed E-state index contributed by atoms with van der Waals surface area (Å²) in [7, 11) is 0. The molecule has 0 heterocycles. The number of hydrogen-bond acceptors (Lipinski definition) is 2. The minimum atomic E-state index is -0.948. The van der Waals surface area contributed by atoms with Gasteiger partial charge in [0.15, 0.2) is 0 Å². The highest BCUT2D eigenvalue weighted by atomic mass is 35.5. The first-order valence-electron chi connectivity index (χ1n) is 4.63. The number of nitrogens with one attached hydrogen (secondary N) is 1. The Kier molecular flexibility index (Phi) is 5.32. The molecule has 3 nitrogen and oxygen atoms in total. The topological polar surface area (TPSA) is 49.3 Å². The van der Waals surface area contributed by atoms with Crippen LogP contribution in [0.3, 0.4) is 0 Å². The van der Waals surface area contributed by atoms with Crippen LogP contribution < -0.4 is 5.32 Å². The van der Waals surface area contributed by atoms with Crippen LogP contribution in [0.4, 0.5) is 0 Å². The van der Waals surface area contributed by atoms with Crippen molar-refractivity contribution in [1.82, 2.24) is 5.32 Å². The van der Waals surface area contributed by atoms with Crippen LogP contribution in [0.5, 0.6) is 0 Å². The molecule has 0 amide bonds. The first kappa shape index (κ1) is 13.0. The lowest BCUT2D eigenvalue weighted by Gasteiger charge is -2.03. The summed E-state index contributed by atoms with van der Waals surface area (Å²) in [6.07, 6.45) is 2.64. The zero-order chi connectivity index (χ0) is 12.0. The Balaban J connectivity index is 2.37. The monoisotopic (exact) mass is 259 g/mol. The number of aliphatic carboxylic acids is 1. The second-order valence-corrected chi connectivity index (χ2v) is 3.93. The molecule has 1 aromatic carbocycles. The van der Waals surface area contributed by atoms with E-state index in [1.165, 1.54) is 0 Å². The number of rotatable bonds is 5. The molecule has 0 aliphatic rings. The molecule has 5 heteroatoms. The van der Waals surface area contributed by atoms with Crippen LogP contribution in [0.15, 0.2) is 30.4 Å². The summed E-state index contributed by atoms with van der Waals surface area (Å²) in [4.78, 5) is 10.2. The Hall–Kier alpha value is -1.03. The SMILES string of the molecule is O=C(O)/C=C/CNCc1ccc(Cl)c(Cl)c1. The van der Waals surface area contributed by atoms with E-state index in [0.717, 1.165) is 11.6 Å². The summed E-state index contributed by atoms with van der Waals surface area (Å²) >= 11 is 11.6. The molecule has 16 heavy (non-hydrogen) atoms. The van der Waals surface area contributed by atoms with E-state index in [1.54, 1.807) is 18.2 Å². The normalized spacial score (nSPS) is 10.9. The van der Waals surface area contributed by atoms with Gasteiger partial charge in [-0.1, -0.05) is 35.3 Å². The highest BCUT2D eigenvalue weighted by molar-refractivity contribution is 6.42. The molecule has 86 valence electrons. The zero-order valence-electron chi connectivity index (χ0n) is 8.41. The molecule has 1 rings (SSSR count). The smallest absolute Gasteiger partial charge is 0.328 e. The molecule has 0 radical (unpaired) electrons. The van der Waals surface area contributed by atoms with E-state index in [9.17, 15) is 4.79 Å². The summed E-state index contributed by atoms with van der Waals surface area (Å²) in [6, 6.07) is 5.37. The second kappa shape index (κ2) is 6.53. The fraction of sp³-hybridized carbons (Fsp3) is 0.182. The van der Waals surface area contributed by atoms with Crippen LogP contribution in [-0.4, -0.2) is 17.6 Å². The van der Waals surface area contributed by atoms with Crippen LogP contribution >= 0.6 is 23.2 Å². The van der Waals surface area contributed by atoms with E-state index in [4.69, 9.17) is 28.3 Å². The maximum Gasteiger partial charge on any atom is 0.328 e. The Bertz CT molecular complexity index is 405. The van der Waals surface area contributed by atoms with Crippen molar-refractivity contribution in [2.24, 2.45) is 0 Å². The summed E-state index contributed by atoms with van der Waals surface area (Å²) in [5.74, 6) is -0.948. The van der Waals surface area contributed by atoms with Gasteiger partial charge in [-0.05, 0) is 17.7 Å². The van der Waals surface area contributed by atoms with E-state index in [-0.39, 0.29) is 0 Å². The average molecular weight is 260 g/mol. The Labute approximate surface area is 104 Å². The Morgan fingerprint density at radius 2 is 2.12 bits per heavy atom. The van der Waals surface area contributed by atoms with Crippen molar-refractivity contribution in [2.75, 3.05) is 6.54 Å². The zero-order valence-corrected chi connectivity index (χ0v) is 9.92. The molecular formula is C11H11Cl2NO2. The minimum absolute atomic E-state index is 0.493. The van der Waals surface area contributed by atoms with Crippen molar-refractivity contribution in [2.45, 2.75) is 6.54 Å². The number of carbonyl (C=O) groups is 1. The Morgan fingerprint density at radius 3 is 2.75 bits per heavy atom. The standard InChI is InChI=1S/C11H11Cl2NO2/c12-9-4-3-8(6-10(9)13)7-14-5-1-2-11(15)16/h1-4,6,14H,5,7H2,(H,15,16)/b2-1+. The van der Waals surface area contributed by atoms with Crippen molar-refractivity contribution in [3.05, 3.63) is 46.0 Å². The van der Waals surface area contributed by atoms with Gasteiger partial charge in [-0.3, -0.25) is 0 Å². The van der Waals surface area contributed by atoms with Gasteiger partial charge in [-0.25, -0.2) is 4.79 Å². The lowest BCUT2D eigenvalue weighted by atomic mass is 10.2. The number of carboxylic acid groups (broad SMARTS) is 1. The number of benzene rings is 1. The average Bonchev–Trinajstić information content (AvgIpc) is 2.22. The van der Waals surface area contributed by atoms with Gasteiger partial charge in [0, 0.05) is 19.2 Å². The predicted octanol–water partition coefficient (Wildman–Crippen LogP) is 2.72. The van der Waals surface area contributed by atoms with E-state index < -0.39 is 5.97 Å². The summed E-state index contributed by atoms with van der Waals surface area (Å²) in [6.45, 7) is 1.10. The minimum Gasteiger partial charge on any atom is -0.478 e. The molecule has 0 aromatic heterocycles. The molecule has 0 saturated carbocycles. The van der Waals surface area contributed by atoms with Crippen LogP contribution in [0.2, 0.25) is 10.0 Å². The first-order chi connectivity index (χ1) is 7.59. The largest absolute Gasteiger partial charge is 0.478 e. The van der Waals surface area contributed by atoms with Gasteiger partial charge in [0.1, 0.15) is 0 Å². The highest BCUT2D eigenvalue weighted by Gasteiger charge is 1.98. The molecular weight excluding hydrogens is 249 g/mol. The lowest BCUT2D eigenvalue weighted by molar-refractivity contribution is -0.131. The van der Waals surface area contributed by atoms with Crippen LogP contribution in [0, 0.1) is 0 Å². The van der Waals surface area contributed by atoms with Crippen molar-refractivity contribution < 1.29 is 9.90 Å². The fourth-order valence-electron chi connectivity index (χ4n) is 1.11. The molecule has 0 unspecified atom stereocenters. The molecule has 2 N–H and O–H groups in total. The predicted molar refractivity (Wildman–Crippen MR) is 64.9 cm³/mol. The summed E-state index contributed by atoms with van der Waals surface area (Å²) < 4.78 is 0. The van der Waals surface area contributed by atoms with E-state index in [0.29, 0.717) is 23.1 Å². The third kappa shape index (κ3) is 4.66. The second-order valence-electron chi connectivity index (χ2n) is 3.12. The van der Waals surface area contributed by atoms with E-state index >= 15 is 0 Å². The third-order valence-corrected chi connectivity index (χ3v) is 2.57. The molecule has 0 saturated heterocycles. The fourth-order valence-corrected chi connectivity index (χ4v) is 1.43. The van der Waals surface area contributed by atoms with Gasteiger partial charge in [-0.15, -0.1) is 0 Å². The third-order valence-electron chi connectivity index (χ3n) is 1.84. The summed E-state index contributed by atoms with van der Waals surface area (Å²) in [5, 5.41) is 12.4. The molecule has 0 aliphatic carbocycles. The molecule has 0 atom stereocenters. The maximum absolute atomic E-state index is 10.2. The Morgan fingerprint density at radius 1 is 1.38 bits per heavy atom. The molecule has 0 fully saturated rings. The van der Waals surface area contributed by atoms with Crippen LogP contribution in [-0.2, 0) is 11.3 Å². The van der Waals surface area contributed by atoms with Crippen molar-refractivity contribution in [3.63, 3.8) is 0 Å². The van der Waals surface area contributed by atoms with Gasteiger partial charge in [0.05, 0.1) is 10.0 Å². The highest BCUT2D eigenvalue weighted by Crippen LogP contribution is 2.22. The maximum atomic E-state index is 10.2. The first-order valence-corrected chi connectivity index (χ1v) is 5.39. The van der Waals surface area contributed by atoms with Gasteiger partial charge < -0.3 is 10.4 Å². The van der Waals surface area contributed by atoms with Gasteiger partial charge in [-0.2, -0.15) is 0 Å². The van der Waals surface area contributed by atoms with Gasteiger partial charge in [0.25, 0.3) is 0 Å². The summed E-state index contributed by atoms with van der Waals surface area (Å²) in [5.41, 5.74) is 0.998. The molecule has 0 bridgehead atoms. The number of hydrogen-bond donors (Lipinski definition) is 2. The van der Waals surface area contributed by atoms with Crippen molar-refractivity contribution in [3.8, 4) is 0 Å². The van der Waals surface area contributed by atoms with Gasteiger partial charge in [0.2, 0.25) is 0 Å². The quantitative estimate of drug-likeness (QED) is 0.632. The van der Waals surface area contributed by atoms with Crippen LogP contribution in [0.25, 0.3) is 0 Å². The van der Waals surface area contributed by atoms with Crippen LogP contribution in [0.1, 0.15) is 5.56 Å². The number of carboxylic acids is 1. The molecule has 1 aromatic rings. The van der Waals surface area contributed by atoms with E-state index in [2.05, 4.69) is 5.32 Å². The molecule has 0 spiro atoms.